The molecular formula is C8H15B2N. The van der Waals surface area contributed by atoms with Gasteiger partial charge in [-0.1, -0.05) is 25.1 Å². The van der Waals surface area contributed by atoms with E-state index >= 15 is 0 Å². The molecule has 1 fully saturated rings. The van der Waals surface area contributed by atoms with E-state index in [4.69, 9.17) is 15.7 Å². The van der Waals surface area contributed by atoms with Crippen molar-refractivity contribution in [3.05, 3.63) is 0 Å². The van der Waals surface area contributed by atoms with E-state index in [0.29, 0.717) is 0 Å². The van der Waals surface area contributed by atoms with Crippen molar-refractivity contribution >= 4 is 15.7 Å². The van der Waals surface area contributed by atoms with Crippen molar-refractivity contribution in [2.45, 2.75) is 37.9 Å². The molecule has 0 saturated heterocycles. The van der Waals surface area contributed by atoms with Gasteiger partial charge >= 0.3 is 0 Å². The molecule has 0 aliphatic heterocycles. The molecule has 0 atom stereocenters. The monoisotopic (exact) mass is 147 g/mol. The molecule has 58 valence electrons. The SMILES string of the molecule is [B]C([B])(CC)NCC1CCC1. The summed E-state index contributed by atoms with van der Waals surface area (Å²) in [6.07, 6.45) is 4.83. The molecule has 0 unspecified atom stereocenters. The van der Waals surface area contributed by atoms with Gasteiger partial charge in [0.15, 0.2) is 0 Å². The number of hydrogen-bond donors (Lipinski definition) is 1. The lowest BCUT2D eigenvalue weighted by Crippen LogP contribution is -2.48. The highest BCUT2D eigenvalue weighted by Gasteiger charge is 2.20. The molecule has 0 aromatic carbocycles. The van der Waals surface area contributed by atoms with Crippen LogP contribution in [0.25, 0.3) is 0 Å². The zero-order valence-corrected chi connectivity index (χ0v) is 7.27. The Hall–Kier alpha value is 0.0899. The third kappa shape index (κ3) is 2.90. The Balaban J connectivity index is 2.09. The van der Waals surface area contributed by atoms with Crippen LogP contribution in [0.15, 0.2) is 0 Å². The highest BCUT2D eigenvalue weighted by atomic mass is 14.9. The summed E-state index contributed by atoms with van der Waals surface area (Å²) in [4.78, 5) is 0. The van der Waals surface area contributed by atoms with Crippen molar-refractivity contribution in [1.29, 1.82) is 0 Å². The van der Waals surface area contributed by atoms with Crippen LogP contribution in [-0.2, 0) is 0 Å². The zero-order valence-electron chi connectivity index (χ0n) is 7.27. The molecule has 0 aromatic heterocycles. The van der Waals surface area contributed by atoms with Crippen molar-refractivity contribution in [2.24, 2.45) is 5.92 Å². The molecular weight excluding hydrogens is 132 g/mol. The van der Waals surface area contributed by atoms with Crippen molar-refractivity contribution in [3.8, 4) is 0 Å². The second-order valence-corrected chi connectivity index (χ2v) is 3.57. The maximum atomic E-state index is 5.71. The zero-order chi connectivity index (χ0) is 8.32. The Bertz CT molecular complexity index is 121. The first-order valence-electron chi connectivity index (χ1n) is 4.47. The molecule has 1 nitrogen and oxygen atoms in total. The fourth-order valence-corrected chi connectivity index (χ4v) is 1.16. The average Bonchev–Trinajstić information content (AvgIpc) is 1.84. The minimum Gasteiger partial charge on any atom is -0.328 e. The predicted octanol–water partition coefficient (Wildman–Crippen LogP) is 0.777. The van der Waals surface area contributed by atoms with Gasteiger partial charge in [-0.05, 0) is 25.3 Å². The topological polar surface area (TPSA) is 12.0 Å². The van der Waals surface area contributed by atoms with Gasteiger partial charge < -0.3 is 5.32 Å². The molecule has 0 spiro atoms. The van der Waals surface area contributed by atoms with E-state index in [-0.39, 0.29) is 0 Å². The molecule has 11 heavy (non-hydrogen) atoms. The number of rotatable bonds is 4. The van der Waals surface area contributed by atoms with Gasteiger partial charge in [0.25, 0.3) is 0 Å². The predicted molar refractivity (Wildman–Crippen MR) is 49.9 cm³/mol. The van der Waals surface area contributed by atoms with Crippen LogP contribution in [0.3, 0.4) is 0 Å². The first kappa shape index (κ1) is 9.18. The summed E-state index contributed by atoms with van der Waals surface area (Å²) in [7, 11) is 11.4. The number of nitrogens with one attached hydrogen (secondary N) is 1. The molecule has 1 aliphatic rings. The smallest absolute Gasteiger partial charge is 0.0820 e. The van der Waals surface area contributed by atoms with Gasteiger partial charge in [-0.15, -0.1) is 0 Å². The van der Waals surface area contributed by atoms with Crippen LogP contribution in [0.1, 0.15) is 32.6 Å². The van der Waals surface area contributed by atoms with Gasteiger partial charge in [-0.3, -0.25) is 0 Å². The number of hydrogen-bond acceptors (Lipinski definition) is 1. The van der Waals surface area contributed by atoms with Gasteiger partial charge in [0, 0.05) is 0 Å². The van der Waals surface area contributed by atoms with Gasteiger partial charge in [0.2, 0.25) is 0 Å². The minimum atomic E-state index is -0.643. The second kappa shape index (κ2) is 3.66. The lowest BCUT2D eigenvalue weighted by atomic mass is 9.60. The van der Waals surface area contributed by atoms with E-state index < -0.39 is 5.34 Å². The maximum Gasteiger partial charge on any atom is 0.0820 e. The molecule has 1 rings (SSSR count). The van der Waals surface area contributed by atoms with E-state index in [2.05, 4.69) is 5.32 Å². The summed E-state index contributed by atoms with van der Waals surface area (Å²) in [5, 5.41) is 2.52. The molecule has 3 heteroatoms. The summed E-state index contributed by atoms with van der Waals surface area (Å²) < 4.78 is 0. The van der Waals surface area contributed by atoms with Gasteiger partial charge in [-0.2, -0.15) is 0 Å². The minimum absolute atomic E-state index is 0.643. The third-order valence-electron chi connectivity index (χ3n) is 2.53. The van der Waals surface area contributed by atoms with Crippen LogP contribution in [-0.4, -0.2) is 27.6 Å². The van der Waals surface area contributed by atoms with E-state index in [9.17, 15) is 0 Å². The van der Waals surface area contributed by atoms with Crippen LogP contribution in [0.4, 0.5) is 0 Å². The average molecular weight is 147 g/mol. The molecule has 0 aromatic rings. The molecule has 1 N–H and O–H groups in total. The van der Waals surface area contributed by atoms with Crippen molar-refractivity contribution in [3.63, 3.8) is 0 Å². The summed E-state index contributed by atoms with van der Waals surface area (Å²) in [6, 6.07) is 0. The first-order chi connectivity index (χ1) is 5.14. The van der Waals surface area contributed by atoms with E-state index in [1.54, 1.807) is 0 Å². The highest BCUT2D eigenvalue weighted by Crippen LogP contribution is 2.25. The standard InChI is InChI=1S/C8H15B2N/c1-2-8(9,10)11-6-7-4-3-5-7/h7,11H,2-6H2,1H3. The van der Waals surface area contributed by atoms with Crippen LogP contribution in [0, 0.1) is 5.92 Å². The molecule has 1 saturated carbocycles. The van der Waals surface area contributed by atoms with Crippen LogP contribution in [0.5, 0.6) is 0 Å². The third-order valence-corrected chi connectivity index (χ3v) is 2.53. The maximum absolute atomic E-state index is 5.71. The summed E-state index contributed by atoms with van der Waals surface area (Å²) in [5.74, 6) is 0.827. The highest BCUT2D eigenvalue weighted by molar-refractivity contribution is 6.39. The summed E-state index contributed by atoms with van der Waals surface area (Å²) in [6.45, 7) is 2.98. The summed E-state index contributed by atoms with van der Waals surface area (Å²) in [5.41, 5.74) is 0. The van der Waals surface area contributed by atoms with Gasteiger partial charge in [-0.25, -0.2) is 0 Å². The molecule has 0 heterocycles. The lowest BCUT2D eigenvalue weighted by Gasteiger charge is -2.32. The quantitative estimate of drug-likeness (QED) is 0.579. The second-order valence-electron chi connectivity index (χ2n) is 3.57. The van der Waals surface area contributed by atoms with Crippen molar-refractivity contribution < 1.29 is 0 Å². The van der Waals surface area contributed by atoms with Crippen molar-refractivity contribution in [1.82, 2.24) is 5.32 Å². The normalized spacial score (nSPS) is 19.7. The van der Waals surface area contributed by atoms with Crippen LogP contribution >= 0.6 is 0 Å². The Kier molecular flexibility index (Phi) is 3.06. The van der Waals surface area contributed by atoms with Crippen molar-refractivity contribution in [2.75, 3.05) is 6.54 Å². The fraction of sp³-hybridized carbons (Fsp3) is 1.00. The van der Waals surface area contributed by atoms with E-state index in [1.807, 2.05) is 6.92 Å². The Morgan fingerprint density at radius 3 is 2.45 bits per heavy atom. The largest absolute Gasteiger partial charge is 0.328 e. The summed E-state index contributed by atoms with van der Waals surface area (Å²) >= 11 is 0. The Morgan fingerprint density at radius 1 is 1.45 bits per heavy atom. The first-order valence-corrected chi connectivity index (χ1v) is 4.47. The van der Waals surface area contributed by atoms with Gasteiger partial charge in [0.1, 0.15) is 0 Å². The Morgan fingerprint density at radius 2 is 2.09 bits per heavy atom. The molecule has 4 radical (unpaired) electrons. The van der Waals surface area contributed by atoms with E-state index in [1.165, 1.54) is 19.3 Å². The fourth-order valence-electron chi connectivity index (χ4n) is 1.16. The molecule has 0 bridgehead atoms. The Labute approximate surface area is 72.1 Å². The van der Waals surface area contributed by atoms with Crippen LogP contribution in [0.2, 0.25) is 0 Å². The van der Waals surface area contributed by atoms with Crippen LogP contribution < -0.4 is 5.32 Å². The molecule has 0 amide bonds. The van der Waals surface area contributed by atoms with E-state index in [0.717, 1.165) is 18.9 Å². The lowest BCUT2D eigenvalue weighted by molar-refractivity contribution is 0.293. The van der Waals surface area contributed by atoms with Gasteiger partial charge in [0.05, 0.1) is 15.7 Å². The molecule has 1 aliphatic carbocycles.